The van der Waals surface area contributed by atoms with Crippen LogP contribution >= 0.6 is 15.9 Å². The maximum atomic E-state index is 12.1. The molecule has 26 heavy (non-hydrogen) atoms. The van der Waals surface area contributed by atoms with Gasteiger partial charge in [0.25, 0.3) is 11.8 Å². The first-order valence-corrected chi connectivity index (χ1v) is 8.90. The van der Waals surface area contributed by atoms with Gasteiger partial charge in [0.2, 0.25) is 5.91 Å². The van der Waals surface area contributed by atoms with Crippen LogP contribution in [-0.4, -0.2) is 17.7 Å². The van der Waals surface area contributed by atoms with Gasteiger partial charge in [-0.15, -0.1) is 0 Å². The molecule has 0 unspecified atom stereocenters. The molecule has 7 heteroatoms. The Balaban J connectivity index is 1.89. The quantitative estimate of drug-likeness (QED) is 0.650. The van der Waals surface area contributed by atoms with Gasteiger partial charge in [-0.2, -0.15) is 0 Å². The van der Waals surface area contributed by atoms with Crippen LogP contribution in [0.15, 0.2) is 53.0 Å². The minimum absolute atomic E-state index is 0.0708. The van der Waals surface area contributed by atoms with Crippen molar-refractivity contribution in [3.63, 3.8) is 0 Å². The van der Waals surface area contributed by atoms with Crippen molar-refractivity contribution in [2.75, 3.05) is 5.32 Å². The van der Waals surface area contributed by atoms with Crippen LogP contribution in [0.3, 0.4) is 0 Å². The van der Waals surface area contributed by atoms with Crippen molar-refractivity contribution in [3.05, 3.63) is 64.1 Å². The molecule has 136 valence electrons. The summed E-state index contributed by atoms with van der Waals surface area (Å²) in [7, 11) is 0. The lowest BCUT2D eigenvalue weighted by Gasteiger charge is -2.09. The number of nitrogens with one attached hydrogen (secondary N) is 3. The third kappa shape index (κ3) is 6.00. The van der Waals surface area contributed by atoms with Gasteiger partial charge >= 0.3 is 0 Å². The van der Waals surface area contributed by atoms with Gasteiger partial charge in [0.15, 0.2) is 0 Å². The van der Waals surface area contributed by atoms with Crippen LogP contribution in [0.4, 0.5) is 5.69 Å². The summed E-state index contributed by atoms with van der Waals surface area (Å²) in [5.74, 6) is -0.669. The highest BCUT2D eigenvalue weighted by Crippen LogP contribution is 2.12. The highest BCUT2D eigenvalue weighted by Gasteiger charge is 2.10. The summed E-state index contributed by atoms with van der Waals surface area (Å²) in [6.07, 6.45) is 0.434. The van der Waals surface area contributed by atoms with Gasteiger partial charge in [0.1, 0.15) is 0 Å². The van der Waals surface area contributed by atoms with E-state index in [0.29, 0.717) is 23.2 Å². The Hall–Kier alpha value is -2.67. The molecule has 6 nitrogen and oxygen atoms in total. The smallest absolute Gasteiger partial charge is 0.269 e. The van der Waals surface area contributed by atoms with Crippen molar-refractivity contribution in [1.29, 1.82) is 0 Å². The summed E-state index contributed by atoms with van der Waals surface area (Å²) < 4.78 is 0.770. The summed E-state index contributed by atoms with van der Waals surface area (Å²) in [6, 6.07) is 13.3. The van der Waals surface area contributed by atoms with E-state index >= 15 is 0 Å². The monoisotopic (exact) mass is 417 g/mol. The number of carbonyl (C=O) groups excluding carboxylic acids is 3. The zero-order chi connectivity index (χ0) is 19.1. The summed E-state index contributed by atoms with van der Waals surface area (Å²) in [5, 5.41) is 2.77. The van der Waals surface area contributed by atoms with Gasteiger partial charge in [0, 0.05) is 27.7 Å². The van der Waals surface area contributed by atoms with Crippen LogP contribution in [0.25, 0.3) is 0 Å². The van der Waals surface area contributed by atoms with Gasteiger partial charge in [-0.3, -0.25) is 25.2 Å². The van der Waals surface area contributed by atoms with Crippen molar-refractivity contribution < 1.29 is 14.4 Å². The minimum Gasteiger partial charge on any atom is -0.326 e. The highest BCUT2D eigenvalue weighted by molar-refractivity contribution is 9.10. The predicted molar refractivity (Wildman–Crippen MR) is 104 cm³/mol. The lowest BCUT2D eigenvalue weighted by molar-refractivity contribution is -0.116. The van der Waals surface area contributed by atoms with E-state index in [0.717, 1.165) is 4.47 Å². The number of amides is 3. The Kier molecular flexibility index (Phi) is 6.91. The Morgan fingerprint density at radius 3 is 2.12 bits per heavy atom. The minimum atomic E-state index is -0.451. The largest absolute Gasteiger partial charge is 0.326 e. The number of hydrogen-bond donors (Lipinski definition) is 3. The van der Waals surface area contributed by atoms with E-state index in [1.54, 1.807) is 48.5 Å². The number of carbonyl (C=O) groups is 3. The molecule has 0 spiro atoms. The molecule has 0 heterocycles. The first kappa shape index (κ1) is 19.7. The van der Waals surface area contributed by atoms with Gasteiger partial charge in [-0.25, -0.2) is 0 Å². The second-order valence-electron chi connectivity index (χ2n) is 6.14. The fraction of sp³-hybridized carbons (Fsp3) is 0.211. The SMILES string of the molecule is CC(C)CC(=O)Nc1ccc(C(=O)NNC(=O)c2cccc(Br)c2)cc1. The third-order valence-electron chi connectivity index (χ3n) is 3.40. The normalized spacial score (nSPS) is 10.3. The number of hydrogen-bond acceptors (Lipinski definition) is 3. The molecule has 0 fully saturated rings. The lowest BCUT2D eigenvalue weighted by Crippen LogP contribution is -2.41. The summed E-state index contributed by atoms with van der Waals surface area (Å²) >= 11 is 3.29. The molecule has 0 aromatic heterocycles. The molecule has 0 bridgehead atoms. The average Bonchev–Trinajstić information content (AvgIpc) is 2.59. The Labute approximate surface area is 160 Å². The Morgan fingerprint density at radius 2 is 1.54 bits per heavy atom. The van der Waals surface area contributed by atoms with E-state index in [2.05, 4.69) is 32.1 Å². The second-order valence-corrected chi connectivity index (χ2v) is 7.06. The number of anilines is 1. The van der Waals surface area contributed by atoms with E-state index in [-0.39, 0.29) is 11.8 Å². The molecule has 0 radical (unpaired) electrons. The van der Waals surface area contributed by atoms with Crippen molar-refractivity contribution in [1.82, 2.24) is 10.9 Å². The maximum absolute atomic E-state index is 12.1. The zero-order valence-corrected chi connectivity index (χ0v) is 16.1. The fourth-order valence-corrected chi connectivity index (χ4v) is 2.57. The van der Waals surface area contributed by atoms with E-state index in [1.807, 2.05) is 13.8 Å². The summed E-state index contributed by atoms with van der Waals surface area (Å²) in [4.78, 5) is 35.8. The van der Waals surface area contributed by atoms with Crippen LogP contribution in [0.5, 0.6) is 0 Å². The Morgan fingerprint density at radius 1 is 0.923 bits per heavy atom. The predicted octanol–water partition coefficient (Wildman–Crippen LogP) is 3.51. The molecule has 0 aliphatic rings. The average molecular weight is 418 g/mol. The topological polar surface area (TPSA) is 87.3 Å². The Bertz CT molecular complexity index is 804. The van der Waals surface area contributed by atoms with Crippen molar-refractivity contribution >= 4 is 39.3 Å². The molecule has 3 amide bonds. The maximum Gasteiger partial charge on any atom is 0.269 e. The molecule has 3 N–H and O–H groups in total. The first-order valence-electron chi connectivity index (χ1n) is 8.11. The molecule has 2 aromatic carbocycles. The molecule has 2 rings (SSSR count). The van der Waals surface area contributed by atoms with Crippen molar-refractivity contribution in [2.24, 2.45) is 5.92 Å². The van der Waals surface area contributed by atoms with Crippen LogP contribution in [0.2, 0.25) is 0 Å². The molecule has 0 aliphatic heterocycles. The second kappa shape index (κ2) is 9.15. The van der Waals surface area contributed by atoms with Crippen LogP contribution < -0.4 is 16.2 Å². The zero-order valence-electron chi connectivity index (χ0n) is 14.5. The van der Waals surface area contributed by atoms with E-state index in [1.165, 1.54) is 0 Å². The van der Waals surface area contributed by atoms with Crippen molar-refractivity contribution in [3.8, 4) is 0 Å². The van der Waals surface area contributed by atoms with E-state index < -0.39 is 11.8 Å². The third-order valence-corrected chi connectivity index (χ3v) is 3.89. The van der Waals surface area contributed by atoms with Crippen LogP contribution in [-0.2, 0) is 4.79 Å². The number of halogens is 1. The van der Waals surface area contributed by atoms with Gasteiger partial charge in [0.05, 0.1) is 0 Å². The highest BCUT2D eigenvalue weighted by atomic mass is 79.9. The molecular weight excluding hydrogens is 398 g/mol. The van der Waals surface area contributed by atoms with Gasteiger partial charge < -0.3 is 5.32 Å². The standard InChI is InChI=1S/C19H20BrN3O3/c1-12(2)10-17(24)21-16-8-6-13(7-9-16)18(25)22-23-19(26)14-4-3-5-15(20)11-14/h3-9,11-12H,10H2,1-2H3,(H,21,24)(H,22,25)(H,23,26). The molecule has 0 atom stereocenters. The summed E-state index contributed by atoms with van der Waals surface area (Å²) in [6.45, 7) is 3.94. The molecule has 2 aromatic rings. The summed E-state index contributed by atoms with van der Waals surface area (Å²) in [5.41, 5.74) is 6.12. The number of benzene rings is 2. The van der Waals surface area contributed by atoms with Crippen LogP contribution in [0.1, 0.15) is 41.0 Å². The first-order chi connectivity index (χ1) is 12.3. The van der Waals surface area contributed by atoms with Gasteiger partial charge in [-0.1, -0.05) is 35.8 Å². The molecule has 0 saturated heterocycles. The van der Waals surface area contributed by atoms with Gasteiger partial charge in [-0.05, 0) is 48.4 Å². The number of rotatable bonds is 5. The molecular formula is C19H20BrN3O3. The van der Waals surface area contributed by atoms with Crippen LogP contribution in [0, 0.1) is 5.92 Å². The van der Waals surface area contributed by atoms with E-state index in [4.69, 9.17) is 0 Å². The fourth-order valence-electron chi connectivity index (χ4n) is 2.18. The lowest BCUT2D eigenvalue weighted by atomic mass is 10.1. The van der Waals surface area contributed by atoms with Crippen molar-refractivity contribution in [2.45, 2.75) is 20.3 Å². The number of hydrazine groups is 1. The van der Waals surface area contributed by atoms with E-state index in [9.17, 15) is 14.4 Å². The molecule has 0 aliphatic carbocycles. The molecule has 0 saturated carbocycles.